The first-order chi connectivity index (χ1) is 14.0. The largest absolute Gasteiger partial charge is 0.493 e. The number of nitrogens with zero attached hydrogens (tertiary/aromatic N) is 2. The second kappa shape index (κ2) is 7.66. The Morgan fingerprint density at radius 1 is 1.14 bits per heavy atom. The molecule has 152 valence electrons. The van der Waals surface area contributed by atoms with Crippen LogP contribution in [0, 0.1) is 0 Å². The van der Waals surface area contributed by atoms with Crippen molar-refractivity contribution in [3.05, 3.63) is 53.1 Å². The predicted octanol–water partition coefficient (Wildman–Crippen LogP) is 3.16. The zero-order chi connectivity index (χ0) is 20.5. The molecule has 0 saturated heterocycles. The predicted molar refractivity (Wildman–Crippen MR) is 113 cm³/mol. The van der Waals surface area contributed by atoms with Crippen LogP contribution in [0.4, 0.5) is 10.5 Å². The molecule has 1 heterocycles. The average Bonchev–Trinajstić information content (AvgIpc) is 3.54. The van der Waals surface area contributed by atoms with Crippen LogP contribution in [0.2, 0.25) is 0 Å². The summed E-state index contributed by atoms with van der Waals surface area (Å²) in [6, 6.07) is 11.4. The molecule has 1 aliphatic heterocycles. The van der Waals surface area contributed by atoms with Crippen LogP contribution < -0.4 is 20.5 Å². The van der Waals surface area contributed by atoms with Crippen molar-refractivity contribution in [1.29, 1.82) is 0 Å². The minimum Gasteiger partial charge on any atom is -0.493 e. The normalized spacial score (nSPS) is 18.4. The van der Waals surface area contributed by atoms with Crippen LogP contribution in [-0.2, 0) is 6.42 Å². The number of nitrogen functional groups attached to an aromatic ring is 1. The van der Waals surface area contributed by atoms with Gasteiger partial charge in [-0.05, 0) is 56.0 Å². The molecule has 1 fully saturated rings. The molecule has 1 saturated carbocycles. The third-order valence-corrected chi connectivity index (χ3v) is 5.30. The van der Waals surface area contributed by atoms with Gasteiger partial charge in [0.15, 0.2) is 11.5 Å². The van der Waals surface area contributed by atoms with Crippen molar-refractivity contribution in [2.24, 2.45) is 5.10 Å². The maximum atomic E-state index is 12.9. The quantitative estimate of drug-likeness (QED) is 0.780. The maximum absolute atomic E-state index is 12.9. The number of carbonyl (C=O) groups is 1. The second-order valence-electron chi connectivity index (χ2n) is 7.56. The number of nitrogens with two attached hydrogens (primary N) is 1. The van der Waals surface area contributed by atoms with Crippen molar-refractivity contribution in [3.63, 3.8) is 0 Å². The van der Waals surface area contributed by atoms with E-state index in [0.29, 0.717) is 29.3 Å². The van der Waals surface area contributed by atoms with Gasteiger partial charge in [0, 0.05) is 22.9 Å². The lowest BCUT2D eigenvalue weighted by atomic mass is 9.94. The molecule has 0 radical (unpaired) electrons. The van der Waals surface area contributed by atoms with Crippen LogP contribution in [0.3, 0.4) is 0 Å². The molecule has 3 N–H and O–H groups in total. The standard InChI is InChI=1S/C22H26N4O3/c1-13-10-15-11-19(28-2)20(29-3)12-18(15)21(14-4-6-16(23)7-5-14)25-26(13)22(27)24-17-8-9-17/h4-7,11-13,17H,8-10,23H2,1-3H3,(H,24,27). The van der Waals surface area contributed by atoms with Crippen LogP contribution >= 0.6 is 0 Å². The number of fused-ring (bicyclic) bond motifs is 1. The van der Waals surface area contributed by atoms with E-state index < -0.39 is 0 Å². The topological polar surface area (TPSA) is 89.2 Å². The van der Waals surface area contributed by atoms with Crippen molar-refractivity contribution in [2.45, 2.75) is 38.3 Å². The summed E-state index contributed by atoms with van der Waals surface area (Å²) >= 11 is 0. The zero-order valence-electron chi connectivity index (χ0n) is 16.9. The van der Waals surface area contributed by atoms with E-state index in [1.54, 1.807) is 19.2 Å². The molecule has 7 heteroatoms. The second-order valence-corrected chi connectivity index (χ2v) is 7.56. The molecule has 2 aliphatic rings. The first-order valence-electron chi connectivity index (χ1n) is 9.79. The molecule has 0 aromatic heterocycles. The number of hydrazone groups is 1. The Morgan fingerprint density at radius 2 is 1.79 bits per heavy atom. The summed E-state index contributed by atoms with van der Waals surface area (Å²) in [7, 11) is 3.23. The summed E-state index contributed by atoms with van der Waals surface area (Å²) in [6.45, 7) is 2.00. The number of hydrogen-bond donors (Lipinski definition) is 2. The minimum absolute atomic E-state index is 0.114. The van der Waals surface area contributed by atoms with Crippen LogP contribution in [0.5, 0.6) is 11.5 Å². The van der Waals surface area contributed by atoms with Crippen molar-refractivity contribution in [3.8, 4) is 11.5 Å². The molecule has 1 aliphatic carbocycles. The lowest BCUT2D eigenvalue weighted by Gasteiger charge is -2.23. The van der Waals surface area contributed by atoms with Gasteiger partial charge in [0.2, 0.25) is 0 Å². The highest BCUT2D eigenvalue weighted by atomic mass is 16.5. The molecule has 2 aromatic carbocycles. The fourth-order valence-electron chi connectivity index (χ4n) is 3.54. The smallest absolute Gasteiger partial charge is 0.338 e. The third-order valence-electron chi connectivity index (χ3n) is 5.30. The van der Waals surface area contributed by atoms with Crippen molar-refractivity contribution >= 4 is 17.4 Å². The van der Waals surface area contributed by atoms with Crippen LogP contribution in [0.25, 0.3) is 0 Å². The summed E-state index contributed by atoms with van der Waals surface area (Å²) in [6.07, 6.45) is 2.70. The number of rotatable bonds is 4. The van der Waals surface area contributed by atoms with E-state index in [0.717, 1.165) is 29.5 Å². The van der Waals surface area contributed by atoms with Gasteiger partial charge in [-0.15, -0.1) is 0 Å². The number of ether oxygens (including phenoxy) is 2. The summed E-state index contributed by atoms with van der Waals surface area (Å²) in [5.74, 6) is 1.28. The molecule has 29 heavy (non-hydrogen) atoms. The lowest BCUT2D eigenvalue weighted by Crippen LogP contribution is -2.43. The summed E-state index contributed by atoms with van der Waals surface area (Å²) in [5.41, 5.74) is 10.1. The number of amides is 2. The van der Waals surface area contributed by atoms with E-state index in [9.17, 15) is 4.79 Å². The SMILES string of the molecule is COc1cc2c(cc1OC)C(c1ccc(N)cc1)=NN(C(=O)NC1CC1)C(C)C2. The zero-order valence-corrected chi connectivity index (χ0v) is 16.9. The first-order valence-corrected chi connectivity index (χ1v) is 9.79. The van der Waals surface area contributed by atoms with Gasteiger partial charge in [0.25, 0.3) is 0 Å². The summed E-state index contributed by atoms with van der Waals surface area (Å²) in [4.78, 5) is 12.9. The van der Waals surface area contributed by atoms with Crippen LogP contribution in [0.15, 0.2) is 41.5 Å². The van der Waals surface area contributed by atoms with Gasteiger partial charge in [-0.3, -0.25) is 0 Å². The van der Waals surface area contributed by atoms with Gasteiger partial charge in [0.1, 0.15) is 0 Å². The van der Waals surface area contributed by atoms with E-state index in [2.05, 4.69) is 5.32 Å². The maximum Gasteiger partial charge on any atom is 0.338 e. The molecule has 7 nitrogen and oxygen atoms in total. The fraction of sp³-hybridized carbons (Fsp3) is 0.364. The lowest BCUT2D eigenvalue weighted by molar-refractivity contribution is 0.182. The molecular weight excluding hydrogens is 368 g/mol. The number of methoxy groups -OCH3 is 2. The number of carbonyl (C=O) groups excluding carboxylic acids is 1. The van der Waals surface area contributed by atoms with Gasteiger partial charge >= 0.3 is 6.03 Å². The highest BCUT2D eigenvalue weighted by molar-refractivity contribution is 6.14. The molecule has 1 atom stereocenters. The fourth-order valence-corrected chi connectivity index (χ4v) is 3.54. The Labute approximate surface area is 170 Å². The minimum atomic E-state index is -0.167. The Kier molecular flexibility index (Phi) is 5.05. The number of urea groups is 1. The third kappa shape index (κ3) is 3.85. The molecule has 1 unspecified atom stereocenters. The van der Waals surface area contributed by atoms with E-state index in [-0.39, 0.29) is 18.1 Å². The number of nitrogens with one attached hydrogen (secondary N) is 1. The van der Waals surface area contributed by atoms with Crippen molar-refractivity contribution in [1.82, 2.24) is 10.3 Å². The van der Waals surface area contributed by atoms with Gasteiger partial charge in [0.05, 0.1) is 26.0 Å². The molecule has 2 aromatic rings. The average molecular weight is 394 g/mol. The van der Waals surface area contributed by atoms with E-state index >= 15 is 0 Å². The number of hydrogen-bond acceptors (Lipinski definition) is 5. The molecule has 2 amide bonds. The Bertz CT molecular complexity index is 951. The molecule has 0 spiro atoms. The summed E-state index contributed by atoms with van der Waals surface area (Å²) in [5, 5.41) is 9.41. The summed E-state index contributed by atoms with van der Waals surface area (Å²) < 4.78 is 11.0. The van der Waals surface area contributed by atoms with Gasteiger partial charge in [-0.25, -0.2) is 9.80 Å². The van der Waals surface area contributed by atoms with Gasteiger partial charge in [-0.2, -0.15) is 5.10 Å². The number of anilines is 1. The van der Waals surface area contributed by atoms with Crippen molar-refractivity contribution < 1.29 is 14.3 Å². The van der Waals surface area contributed by atoms with E-state index in [1.807, 2.05) is 43.3 Å². The van der Waals surface area contributed by atoms with E-state index in [1.165, 1.54) is 0 Å². The first kappa shape index (κ1) is 19.1. The number of benzene rings is 2. The highest BCUT2D eigenvalue weighted by Crippen LogP contribution is 2.34. The van der Waals surface area contributed by atoms with E-state index in [4.69, 9.17) is 20.3 Å². The highest BCUT2D eigenvalue weighted by Gasteiger charge is 2.31. The molecular formula is C22H26N4O3. The van der Waals surface area contributed by atoms with Crippen LogP contribution in [-0.4, -0.2) is 43.1 Å². The monoisotopic (exact) mass is 394 g/mol. The molecule has 4 rings (SSSR count). The molecule has 0 bridgehead atoms. The van der Waals surface area contributed by atoms with Crippen molar-refractivity contribution in [2.75, 3.05) is 20.0 Å². The Hall–Kier alpha value is -3.22. The Morgan fingerprint density at radius 3 is 2.41 bits per heavy atom. The Balaban J connectivity index is 1.85. The van der Waals surface area contributed by atoms with Gasteiger partial charge < -0.3 is 20.5 Å². The van der Waals surface area contributed by atoms with Crippen LogP contribution in [0.1, 0.15) is 36.5 Å². The van der Waals surface area contributed by atoms with Gasteiger partial charge in [-0.1, -0.05) is 12.1 Å².